The quantitative estimate of drug-likeness (QED) is 0.873. The lowest BCUT2D eigenvalue weighted by Gasteiger charge is -2.40. The molecule has 0 saturated carbocycles. The Bertz CT molecular complexity index is 413. The highest BCUT2D eigenvalue weighted by atomic mass is 35.5. The largest absolute Gasteiger partial charge is 0.389 e. The van der Waals surface area contributed by atoms with E-state index < -0.39 is 6.10 Å². The zero-order valence-electron chi connectivity index (χ0n) is 13.0. The number of aliphatic hydroxyl groups excluding tert-OH is 1. The highest BCUT2D eigenvalue weighted by Crippen LogP contribution is 2.22. The Morgan fingerprint density at radius 3 is 2.48 bits per heavy atom. The van der Waals surface area contributed by atoms with E-state index in [2.05, 4.69) is 18.7 Å². The number of hydrogen-bond acceptors (Lipinski definition) is 3. The van der Waals surface area contributed by atoms with Gasteiger partial charge in [0, 0.05) is 23.7 Å². The minimum absolute atomic E-state index is 0.374. The van der Waals surface area contributed by atoms with Gasteiger partial charge in [-0.25, -0.2) is 0 Å². The molecule has 2 rings (SSSR count). The van der Waals surface area contributed by atoms with Crippen LogP contribution >= 0.6 is 11.6 Å². The van der Waals surface area contributed by atoms with Crippen LogP contribution in [0, 0.1) is 0 Å². The standard InChI is InChI=1S/C17H26ClNO2/c1-13-4-3-5-14(2)19(13)10-17(20)12-21-11-15-6-8-16(18)9-7-15/h6-9,13-14,17,20H,3-5,10-12H2,1-2H3/t13-,14-,17+/m1/s1. The van der Waals surface area contributed by atoms with E-state index in [1.54, 1.807) is 0 Å². The maximum Gasteiger partial charge on any atom is 0.0900 e. The Hall–Kier alpha value is -0.610. The molecule has 3 atom stereocenters. The van der Waals surface area contributed by atoms with Crippen LogP contribution in [0.5, 0.6) is 0 Å². The van der Waals surface area contributed by atoms with Gasteiger partial charge in [-0.2, -0.15) is 0 Å². The Balaban J connectivity index is 1.71. The van der Waals surface area contributed by atoms with E-state index in [-0.39, 0.29) is 0 Å². The van der Waals surface area contributed by atoms with Crippen molar-refractivity contribution in [2.45, 2.75) is 57.9 Å². The summed E-state index contributed by atoms with van der Waals surface area (Å²) in [7, 11) is 0. The summed E-state index contributed by atoms with van der Waals surface area (Å²) in [5.41, 5.74) is 1.08. The lowest BCUT2D eigenvalue weighted by atomic mass is 9.97. The van der Waals surface area contributed by atoms with Gasteiger partial charge in [-0.15, -0.1) is 0 Å². The van der Waals surface area contributed by atoms with Crippen LogP contribution < -0.4 is 0 Å². The molecule has 0 radical (unpaired) electrons. The summed E-state index contributed by atoms with van der Waals surface area (Å²) in [5.74, 6) is 0. The maximum atomic E-state index is 10.2. The number of rotatable bonds is 6. The first-order chi connectivity index (χ1) is 10.1. The molecule has 0 bridgehead atoms. The van der Waals surface area contributed by atoms with Gasteiger partial charge in [0.15, 0.2) is 0 Å². The molecular formula is C17H26ClNO2. The molecule has 1 aromatic carbocycles. The third kappa shape index (κ3) is 5.26. The summed E-state index contributed by atoms with van der Waals surface area (Å²) >= 11 is 5.85. The molecule has 118 valence electrons. The van der Waals surface area contributed by atoms with Crippen LogP contribution in [0.1, 0.15) is 38.7 Å². The van der Waals surface area contributed by atoms with Crippen LogP contribution in [0.25, 0.3) is 0 Å². The monoisotopic (exact) mass is 311 g/mol. The first kappa shape index (κ1) is 16.8. The summed E-state index contributed by atoms with van der Waals surface area (Å²) in [4.78, 5) is 2.40. The number of β-amino-alcohol motifs (C(OH)–C–C–N with tert-alkyl or cyclic N) is 1. The molecule has 21 heavy (non-hydrogen) atoms. The van der Waals surface area contributed by atoms with Crippen LogP contribution in [0.3, 0.4) is 0 Å². The van der Waals surface area contributed by atoms with Crippen molar-refractivity contribution >= 4 is 11.6 Å². The summed E-state index contributed by atoms with van der Waals surface area (Å²) < 4.78 is 5.61. The molecule has 0 amide bonds. The molecule has 0 spiro atoms. The predicted octanol–water partition coefficient (Wildman–Crippen LogP) is 3.48. The van der Waals surface area contributed by atoms with Crippen molar-refractivity contribution in [1.82, 2.24) is 4.90 Å². The molecule has 1 aromatic rings. The van der Waals surface area contributed by atoms with Gasteiger partial charge in [0.25, 0.3) is 0 Å². The first-order valence-electron chi connectivity index (χ1n) is 7.82. The molecule has 1 fully saturated rings. The van der Waals surface area contributed by atoms with Gasteiger partial charge in [-0.05, 0) is 44.4 Å². The Morgan fingerprint density at radius 1 is 1.24 bits per heavy atom. The van der Waals surface area contributed by atoms with Crippen LogP contribution in [-0.2, 0) is 11.3 Å². The van der Waals surface area contributed by atoms with Crippen LogP contribution in [0.15, 0.2) is 24.3 Å². The van der Waals surface area contributed by atoms with Gasteiger partial charge >= 0.3 is 0 Å². The van der Waals surface area contributed by atoms with Gasteiger partial charge in [-0.3, -0.25) is 4.90 Å². The van der Waals surface area contributed by atoms with Crippen molar-refractivity contribution in [3.05, 3.63) is 34.9 Å². The van der Waals surface area contributed by atoms with E-state index in [1.807, 2.05) is 24.3 Å². The zero-order valence-corrected chi connectivity index (χ0v) is 13.7. The third-order valence-corrected chi connectivity index (χ3v) is 4.54. The predicted molar refractivity (Wildman–Crippen MR) is 86.6 cm³/mol. The average molecular weight is 312 g/mol. The molecule has 0 aliphatic carbocycles. The molecule has 1 saturated heterocycles. The van der Waals surface area contributed by atoms with E-state index >= 15 is 0 Å². The van der Waals surface area contributed by atoms with Crippen molar-refractivity contribution < 1.29 is 9.84 Å². The average Bonchev–Trinajstić information content (AvgIpc) is 2.45. The second kappa shape index (κ2) is 8.14. The molecule has 1 aliphatic heterocycles. The van der Waals surface area contributed by atoms with E-state index in [0.29, 0.717) is 31.8 Å². The van der Waals surface area contributed by atoms with Crippen molar-refractivity contribution in [3.8, 4) is 0 Å². The number of likely N-dealkylation sites (tertiary alicyclic amines) is 1. The van der Waals surface area contributed by atoms with E-state index in [0.717, 1.165) is 10.6 Å². The number of hydrogen-bond donors (Lipinski definition) is 1. The fourth-order valence-electron chi connectivity index (χ4n) is 3.02. The Morgan fingerprint density at radius 2 is 1.86 bits per heavy atom. The molecule has 1 heterocycles. The van der Waals surface area contributed by atoms with Gasteiger partial charge in [0.05, 0.1) is 19.3 Å². The maximum absolute atomic E-state index is 10.2. The summed E-state index contributed by atoms with van der Waals surface area (Å²) in [5, 5.41) is 10.9. The minimum Gasteiger partial charge on any atom is -0.389 e. The van der Waals surface area contributed by atoms with Gasteiger partial charge in [0.1, 0.15) is 0 Å². The fraction of sp³-hybridized carbons (Fsp3) is 0.647. The lowest BCUT2D eigenvalue weighted by Crippen LogP contribution is -2.48. The second-order valence-electron chi connectivity index (χ2n) is 6.12. The molecular weight excluding hydrogens is 286 g/mol. The number of ether oxygens (including phenoxy) is 1. The summed E-state index contributed by atoms with van der Waals surface area (Å²) in [6.45, 7) is 6.08. The number of nitrogens with zero attached hydrogens (tertiary/aromatic N) is 1. The number of piperidine rings is 1. The van der Waals surface area contributed by atoms with Crippen molar-refractivity contribution in [2.75, 3.05) is 13.2 Å². The summed E-state index contributed by atoms with van der Waals surface area (Å²) in [6.07, 6.45) is 3.31. The zero-order chi connectivity index (χ0) is 15.2. The molecule has 1 aliphatic rings. The summed E-state index contributed by atoms with van der Waals surface area (Å²) in [6, 6.07) is 8.72. The first-order valence-corrected chi connectivity index (χ1v) is 8.20. The molecule has 0 unspecified atom stereocenters. The minimum atomic E-state index is -0.430. The lowest BCUT2D eigenvalue weighted by molar-refractivity contribution is -0.0135. The molecule has 4 heteroatoms. The second-order valence-corrected chi connectivity index (χ2v) is 6.56. The molecule has 3 nitrogen and oxygen atoms in total. The van der Waals surface area contributed by atoms with Crippen LogP contribution in [-0.4, -0.2) is 41.3 Å². The van der Waals surface area contributed by atoms with E-state index in [1.165, 1.54) is 19.3 Å². The van der Waals surface area contributed by atoms with Crippen LogP contribution in [0.2, 0.25) is 5.02 Å². The van der Waals surface area contributed by atoms with Crippen LogP contribution in [0.4, 0.5) is 0 Å². The smallest absolute Gasteiger partial charge is 0.0900 e. The highest BCUT2D eigenvalue weighted by Gasteiger charge is 2.26. The van der Waals surface area contributed by atoms with Crippen molar-refractivity contribution in [2.24, 2.45) is 0 Å². The van der Waals surface area contributed by atoms with Crippen molar-refractivity contribution in [3.63, 3.8) is 0 Å². The number of halogens is 1. The number of benzene rings is 1. The Labute approximate surface area is 132 Å². The topological polar surface area (TPSA) is 32.7 Å². The van der Waals surface area contributed by atoms with Gasteiger partial charge in [0.2, 0.25) is 0 Å². The third-order valence-electron chi connectivity index (χ3n) is 4.29. The SMILES string of the molecule is C[C@@H]1CCC[C@@H](C)N1C[C@H](O)COCc1ccc(Cl)cc1. The van der Waals surface area contributed by atoms with Gasteiger partial charge in [-0.1, -0.05) is 30.2 Å². The van der Waals surface area contributed by atoms with Gasteiger partial charge < -0.3 is 9.84 Å². The number of aliphatic hydroxyl groups is 1. The highest BCUT2D eigenvalue weighted by molar-refractivity contribution is 6.30. The van der Waals surface area contributed by atoms with E-state index in [4.69, 9.17) is 16.3 Å². The normalized spacial score (nSPS) is 25.0. The molecule has 0 aromatic heterocycles. The Kier molecular flexibility index (Phi) is 6.49. The molecule has 1 N–H and O–H groups in total. The van der Waals surface area contributed by atoms with Crippen molar-refractivity contribution in [1.29, 1.82) is 0 Å². The van der Waals surface area contributed by atoms with E-state index in [9.17, 15) is 5.11 Å². The fourth-order valence-corrected chi connectivity index (χ4v) is 3.15.